The van der Waals surface area contributed by atoms with E-state index in [-0.39, 0.29) is 5.91 Å². The van der Waals surface area contributed by atoms with Gasteiger partial charge in [0.25, 0.3) is 5.91 Å². The van der Waals surface area contributed by atoms with E-state index in [1.54, 1.807) is 12.3 Å². The molecule has 1 atom stereocenters. The highest BCUT2D eigenvalue weighted by atomic mass is 16.5. The largest absolute Gasteiger partial charge is 0.463 e. The van der Waals surface area contributed by atoms with Gasteiger partial charge in [-0.2, -0.15) is 5.10 Å². The summed E-state index contributed by atoms with van der Waals surface area (Å²) in [5.74, 6) is 1.14. The zero-order valence-electron chi connectivity index (χ0n) is 12.3. The third-order valence-electron chi connectivity index (χ3n) is 4.31. The molecule has 4 rings (SSSR count). The summed E-state index contributed by atoms with van der Waals surface area (Å²) < 4.78 is 10.8. The molecule has 1 unspecified atom stereocenters. The van der Waals surface area contributed by atoms with Gasteiger partial charge >= 0.3 is 0 Å². The molecule has 0 spiro atoms. The number of amides is 1. The highest BCUT2D eigenvalue weighted by Gasteiger charge is 2.36. The monoisotopic (exact) mass is 301 g/mol. The lowest BCUT2D eigenvalue weighted by atomic mass is 10.1. The fraction of sp³-hybridized carbons (Fsp3) is 0.500. The number of aromatic amines is 1. The van der Waals surface area contributed by atoms with E-state index in [4.69, 9.17) is 9.15 Å². The number of aromatic nitrogens is 2. The summed E-state index contributed by atoms with van der Waals surface area (Å²) >= 11 is 0. The quantitative estimate of drug-likeness (QED) is 0.920. The van der Waals surface area contributed by atoms with Crippen molar-refractivity contribution in [3.8, 4) is 11.5 Å². The number of carbonyl (C=O) groups excluding carboxylic acids is 1. The van der Waals surface area contributed by atoms with Gasteiger partial charge in [-0.15, -0.1) is 0 Å². The molecule has 116 valence electrons. The third kappa shape index (κ3) is 2.66. The van der Waals surface area contributed by atoms with E-state index in [2.05, 4.69) is 10.2 Å². The molecule has 1 amide bonds. The molecule has 1 N–H and O–H groups in total. The van der Waals surface area contributed by atoms with Gasteiger partial charge in [-0.25, -0.2) is 0 Å². The van der Waals surface area contributed by atoms with Crippen molar-refractivity contribution in [2.45, 2.75) is 25.3 Å². The Hall–Kier alpha value is -2.08. The predicted molar refractivity (Wildman–Crippen MR) is 79.3 cm³/mol. The van der Waals surface area contributed by atoms with Crippen molar-refractivity contribution in [3.05, 3.63) is 30.2 Å². The first-order valence-corrected chi connectivity index (χ1v) is 7.79. The molecule has 6 nitrogen and oxygen atoms in total. The molecular formula is C16H19N3O3. The topological polar surface area (TPSA) is 71.4 Å². The van der Waals surface area contributed by atoms with Crippen LogP contribution in [0.4, 0.5) is 0 Å². The molecule has 1 saturated heterocycles. The van der Waals surface area contributed by atoms with Crippen LogP contribution < -0.4 is 0 Å². The minimum atomic E-state index is 0.00320. The normalized spacial score (nSPS) is 21.2. The first-order valence-electron chi connectivity index (χ1n) is 7.79. The Balaban J connectivity index is 1.51. The van der Waals surface area contributed by atoms with Gasteiger partial charge in [0, 0.05) is 31.2 Å². The molecule has 3 heterocycles. The molecule has 6 heteroatoms. The number of rotatable bonds is 5. The molecule has 1 aliphatic heterocycles. The van der Waals surface area contributed by atoms with Crippen LogP contribution >= 0.6 is 0 Å². The van der Waals surface area contributed by atoms with E-state index < -0.39 is 0 Å². The van der Waals surface area contributed by atoms with Crippen LogP contribution in [0.2, 0.25) is 0 Å². The van der Waals surface area contributed by atoms with Crippen LogP contribution in [0.25, 0.3) is 11.5 Å². The summed E-state index contributed by atoms with van der Waals surface area (Å²) in [6.45, 7) is 2.34. The standard InChI is InChI=1S/C16H19N3O3/c20-16(14-8-13(17-18-14)15-2-1-6-22-15)19(12-3-4-12)9-11-5-7-21-10-11/h1-2,6,8,11-12H,3-5,7,9-10H2,(H,17,18). The van der Waals surface area contributed by atoms with Gasteiger partial charge in [0.15, 0.2) is 11.5 Å². The van der Waals surface area contributed by atoms with E-state index in [9.17, 15) is 4.79 Å². The molecule has 2 aromatic heterocycles. The van der Waals surface area contributed by atoms with Crippen molar-refractivity contribution >= 4 is 5.91 Å². The molecule has 0 bridgehead atoms. The third-order valence-corrected chi connectivity index (χ3v) is 4.31. The maximum atomic E-state index is 12.8. The van der Waals surface area contributed by atoms with Crippen LogP contribution in [0.15, 0.2) is 28.9 Å². The summed E-state index contributed by atoms with van der Waals surface area (Å²) in [5.41, 5.74) is 1.19. The van der Waals surface area contributed by atoms with Crippen LogP contribution in [0.5, 0.6) is 0 Å². The fourth-order valence-corrected chi connectivity index (χ4v) is 2.93. The van der Waals surface area contributed by atoms with Gasteiger partial charge < -0.3 is 14.1 Å². The number of furan rings is 1. The Kier molecular flexibility index (Phi) is 3.46. The molecule has 0 aromatic carbocycles. The minimum Gasteiger partial charge on any atom is -0.463 e. The Bertz CT molecular complexity index is 639. The number of carbonyl (C=O) groups is 1. The fourth-order valence-electron chi connectivity index (χ4n) is 2.93. The lowest BCUT2D eigenvalue weighted by Gasteiger charge is -2.24. The van der Waals surface area contributed by atoms with Crippen LogP contribution in [0.1, 0.15) is 29.8 Å². The lowest BCUT2D eigenvalue weighted by Crippen LogP contribution is -2.37. The number of H-pyrrole nitrogens is 1. The van der Waals surface area contributed by atoms with Gasteiger partial charge in [0.2, 0.25) is 0 Å². The maximum Gasteiger partial charge on any atom is 0.274 e. The van der Waals surface area contributed by atoms with Crippen LogP contribution in [0, 0.1) is 5.92 Å². The smallest absolute Gasteiger partial charge is 0.274 e. The Morgan fingerprint density at radius 3 is 3.00 bits per heavy atom. The molecule has 2 fully saturated rings. The molecule has 2 aliphatic rings. The first-order chi connectivity index (χ1) is 10.8. The van der Waals surface area contributed by atoms with Gasteiger partial charge in [0.05, 0.1) is 12.9 Å². The van der Waals surface area contributed by atoms with Crippen molar-refractivity contribution in [2.24, 2.45) is 5.92 Å². The Morgan fingerprint density at radius 1 is 1.41 bits per heavy atom. The average molecular weight is 301 g/mol. The van der Waals surface area contributed by atoms with Gasteiger partial charge in [-0.05, 0) is 31.4 Å². The summed E-state index contributed by atoms with van der Waals surface area (Å²) in [6, 6.07) is 5.79. The first kappa shape index (κ1) is 13.6. The van der Waals surface area contributed by atoms with Crippen molar-refractivity contribution in [1.82, 2.24) is 15.1 Å². The van der Waals surface area contributed by atoms with E-state index in [0.717, 1.165) is 44.7 Å². The highest BCUT2D eigenvalue weighted by molar-refractivity contribution is 5.93. The number of nitrogens with zero attached hydrogens (tertiary/aromatic N) is 2. The second-order valence-electron chi connectivity index (χ2n) is 6.06. The van der Waals surface area contributed by atoms with Crippen molar-refractivity contribution < 1.29 is 13.9 Å². The molecule has 1 saturated carbocycles. The average Bonchev–Trinajstić information content (AvgIpc) is 3.01. The highest BCUT2D eigenvalue weighted by Crippen LogP contribution is 2.30. The van der Waals surface area contributed by atoms with Crippen molar-refractivity contribution in [3.63, 3.8) is 0 Å². The molecule has 22 heavy (non-hydrogen) atoms. The van der Waals surface area contributed by atoms with E-state index >= 15 is 0 Å². The predicted octanol–water partition coefficient (Wildman–Crippen LogP) is 2.31. The van der Waals surface area contributed by atoms with E-state index in [0.29, 0.717) is 23.4 Å². The molecule has 1 aliphatic carbocycles. The van der Waals surface area contributed by atoms with Crippen molar-refractivity contribution in [1.29, 1.82) is 0 Å². The van der Waals surface area contributed by atoms with E-state index in [1.165, 1.54) is 0 Å². The van der Waals surface area contributed by atoms with Crippen LogP contribution in [-0.4, -0.2) is 46.8 Å². The number of nitrogens with one attached hydrogen (secondary N) is 1. The summed E-state index contributed by atoms with van der Waals surface area (Å²) in [6.07, 6.45) is 4.83. The van der Waals surface area contributed by atoms with Gasteiger partial charge in [-0.1, -0.05) is 0 Å². The molecular weight excluding hydrogens is 282 g/mol. The summed E-state index contributed by atoms with van der Waals surface area (Å²) in [5, 5.41) is 7.05. The zero-order valence-corrected chi connectivity index (χ0v) is 12.3. The Labute approximate surface area is 128 Å². The SMILES string of the molecule is O=C(c1cc(-c2ccco2)[nH]n1)N(CC1CCOC1)C1CC1. The number of hydrogen-bond acceptors (Lipinski definition) is 4. The molecule has 0 radical (unpaired) electrons. The van der Waals surface area contributed by atoms with Gasteiger partial charge in [0.1, 0.15) is 5.69 Å². The van der Waals surface area contributed by atoms with Crippen LogP contribution in [0.3, 0.4) is 0 Å². The zero-order chi connectivity index (χ0) is 14.9. The van der Waals surface area contributed by atoms with Crippen molar-refractivity contribution in [2.75, 3.05) is 19.8 Å². The second kappa shape index (κ2) is 5.61. The van der Waals surface area contributed by atoms with Gasteiger partial charge in [-0.3, -0.25) is 9.89 Å². The lowest BCUT2D eigenvalue weighted by molar-refractivity contribution is 0.0700. The number of ether oxygens (including phenoxy) is 1. The summed E-state index contributed by atoms with van der Waals surface area (Å²) in [7, 11) is 0. The van der Waals surface area contributed by atoms with Crippen LogP contribution in [-0.2, 0) is 4.74 Å². The summed E-state index contributed by atoms with van der Waals surface area (Å²) in [4.78, 5) is 14.7. The minimum absolute atomic E-state index is 0.00320. The maximum absolute atomic E-state index is 12.8. The Morgan fingerprint density at radius 2 is 2.32 bits per heavy atom. The van der Waals surface area contributed by atoms with E-state index in [1.807, 2.05) is 17.0 Å². The second-order valence-corrected chi connectivity index (χ2v) is 6.06. The number of hydrogen-bond donors (Lipinski definition) is 1. The molecule has 2 aromatic rings.